The van der Waals surface area contributed by atoms with Crippen LogP contribution in [0.2, 0.25) is 5.02 Å². The summed E-state index contributed by atoms with van der Waals surface area (Å²) in [5.74, 6) is 0. The molecule has 86 valence electrons. The number of hydrogen-bond donors (Lipinski definition) is 1. The Morgan fingerprint density at radius 3 is 2.67 bits per heavy atom. The summed E-state index contributed by atoms with van der Waals surface area (Å²) in [7, 11) is 0. The van der Waals surface area contributed by atoms with Gasteiger partial charge in [-0.05, 0) is 18.9 Å². The molecule has 0 aliphatic carbocycles. The average Bonchev–Trinajstić information content (AvgIpc) is 2.41. The molecule has 0 aliphatic rings. The number of rotatable bonds is 5. The molecule has 1 aromatic heterocycles. The van der Waals surface area contributed by atoms with Gasteiger partial charge < -0.3 is 5.32 Å². The van der Waals surface area contributed by atoms with Gasteiger partial charge in [0.25, 0.3) is 0 Å². The number of halogens is 1. The maximum atomic E-state index is 5.96. The zero-order chi connectivity index (χ0) is 11.5. The fraction of sp³-hybridized carbons (Fsp3) is 0.727. The molecule has 0 unspecified atom stereocenters. The molecule has 0 saturated carbocycles. The van der Waals surface area contributed by atoms with Crippen LogP contribution in [0, 0.1) is 12.3 Å². The Balaban J connectivity index is 2.60. The minimum absolute atomic E-state index is 0.192. The van der Waals surface area contributed by atoms with Gasteiger partial charge in [0.1, 0.15) is 0 Å². The Morgan fingerprint density at radius 2 is 2.20 bits per heavy atom. The Labute approximate surface area is 96.8 Å². The fourth-order valence-electron chi connectivity index (χ4n) is 1.53. The van der Waals surface area contributed by atoms with Gasteiger partial charge in [0, 0.05) is 19.3 Å². The van der Waals surface area contributed by atoms with E-state index in [4.69, 9.17) is 11.6 Å². The molecule has 0 radical (unpaired) electrons. The number of aromatic nitrogens is 2. The van der Waals surface area contributed by atoms with Crippen molar-refractivity contribution in [2.45, 2.75) is 34.2 Å². The molecule has 1 rings (SSSR count). The molecular weight excluding hydrogens is 210 g/mol. The van der Waals surface area contributed by atoms with Gasteiger partial charge in [-0.2, -0.15) is 5.10 Å². The van der Waals surface area contributed by atoms with Crippen molar-refractivity contribution in [2.24, 2.45) is 5.41 Å². The van der Waals surface area contributed by atoms with Crippen LogP contribution in [0.25, 0.3) is 0 Å². The van der Waals surface area contributed by atoms with Crippen LogP contribution in [0.5, 0.6) is 0 Å². The second-order valence-electron chi connectivity index (χ2n) is 4.70. The van der Waals surface area contributed by atoms with Crippen LogP contribution in [0.3, 0.4) is 0 Å². The van der Waals surface area contributed by atoms with Gasteiger partial charge in [-0.1, -0.05) is 32.4 Å². The smallest absolute Gasteiger partial charge is 0.0814 e. The highest BCUT2D eigenvalue weighted by Crippen LogP contribution is 2.19. The molecular formula is C11H20ClN3. The van der Waals surface area contributed by atoms with Crippen LogP contribution in [-0.2, 0) is 6.54 Å². The number of hydrogen-bond acceptors (Lipinski definition) is 2. The van der Waals surface area contributed by atoms with Gasteiger partial charge in [0.2, 0.25) is 0 Å². The molecule has 0 bridgehead atoms. The summed E-state index contributed by atoms with van der Waals surface area (Å²) in [6.45, 7) is 11.4. The minimum atomic E-state index is 0.192. The summed E-state index contributed by atoms with van der Waals surface area (Å²) in [5.41, 5.74) is 1.09. The highest BCUT2D eigenvalue weighted by molar-refractivity contribution is 6.31. The lowest BCUT2D eigenvalue weighted by atomic mass is 9.93. The fourth-order valence-corrected chi connectivity index (χ4v) is 1.68. The Kier molecular flexibility index (Phi) is 4.17. The van der Waals surface area contributed by atoms with E-state index in [1.165, 1.54) is 0 Å². The van der Waals surface area contributed by atoms with Crippen molar-refractivity contribution in [1.82, 2.24) is 15.1 Å². The van der Waals surface area contributed by atoms with Crippen molar-refractivity contribution in [2.75, 3.05) is 13.1 Å². The quantitative estimate of drug-likeness (QED) is 0.841. The topological polar surface area (TPSA) is 29.9 Å². The summed E-state index contributed by atoms with van der Waals surface area (Å²) in [4.78, 5) is 0. The first-order valence-corrected chi connectivity index (χ1v) is 5.72. The minimum Gasteiger partial charge on any atom is -0.316 e. The molecule has 1 N–H and O–H groups in total. The van der Waals surface area contributed by atoms with Crippen LogP contribution in [-0.4, -0.2) is 22.9 Å². The summed E-state index contributed by atoms with van der Waals surface area (Å²) in [6.07, 6.45) is 1.89. The standard InChI is InChI=1S/C11H20ClN3/c1-5-13-7-11(3,4)8-15-6-10(12)9(2)14-15/h6,13H,5,7-8H2,1-4H3. The van der Waals surface area contributed by atoms with Crippen LogP contribution >= 0.6 is 11.6 Å². The third-order valence-corrected chi connectivity index (χ3v) is 2.70. The zero-order valence-electron chi connectivity index (χ0n) is 9.97. The highest BCUT2D eigenvalue weighted by Gasteiger charge is 2.18. The molecule has 0 aromatic carbocycles. The molecule has 1 aromatic rings. The molecule has 3 nitrogen and oxygen atoms in total. The second kappa shape index (κ2) is 4.99. The van der Waals surface area contributed by atoms with Gasteiger partial charge in [0.05, 0.1) is 10.7 Å². The summed E-state index contributed by atoms with van der Waals surface area (Å²) in [5, 5.41) is 8.46. The molecule has 15 heavy (non-hydrogen) atoms. The van der Waals surface area contributed by atoms with E-state index in [-0.39, 0.29) is 5.41 Å². The van der Waals surface area contributed by atoms with Crippen molar-refractivity contribution < 1.29 is 0 Å². The lowest BCUT2D eigenvalue weighted by Gasteiger charge is -2.24. The van der Waals surface area contributed by atoms with Crippen LogP contribution < -0.4 is 5.32 Å². The summed E-state index contributed by atoms with van der Waals surface area (Å²) < 4.78 is 1.93. The maximum absolute atomic E-state index is 5.96. The number of nitrogens with one attached hydrogen (secondary N) is 1. The largest absolute Gasteiger partial charge is 0.316 e. The van der Waals surface area contributed by atoms with Crippen LogP contribution in [0.15, 0.2) is 6.20 Å². The normalized spacial score (nSPS) is 12.1. The van der Waals surface area contributed by atoms with Crippen molar-refractivity contribution in [3.8, 4) is 0 Å². The van der Waals surface area contributed by atoms with Gasteiger partial charge in [0.15, 0.2) is 0 Å². The molecule has 0 aliphatic heterocycles. The lowest BCUT2D eigenvalue weighted by molar-refractivity contribution is 0.278. The molecule has 0 spiro atoms. The van der Waals surface area contributed by atoms with E-state index in [0.29, 0.717) is 0 Å². The maximum Gasteiger partial charge on any atom is 0.0814 e. The first-order valence-electron chi connectivity index (χ1n) is 5.35. The van der Waals surface area contributed by atoms with E-state index in [1.54, 1.807) is 0 Å². The highest BCUT2D eigenvalue weighted by atomic mass is 35.5. The Morgan fingerprint density at radius 1 is 1.53 bits per heavy atom. The second-order valence-corrected chi connectivity index (χ2v) is 5.11. The lowest BCUT2D eigenvalue weighted by Crippen LogP contribution is -2.33. The predicted octanol–water partition coefficient (Wildman–Crippen LogP) is 2.48. The van der Waals surface area contributed by atoms with E-state index in [9.17, 15) is 0 Å². The molecule has 1 heterocycles. The average molecular weight is 230 g/mol. The van der Waals surface area contributed by atoms with Crippen molar-refractivity contribution >= 4 is 11.6 Å². The Bertz CT molecular complexity index is 298. The van der Waals surface area contributed by atoms with Crippen LogP contribution in [0.4, 0.5) is 0 Å². The van der Waals surface area contributed by atoms with E-state index in [1.807, 2.05) is 17.8 Å². The first kappa shape index (κ1) is 12.5. The first-order chi connectivity index (χ1) is 6.94. The predicted molar refractivity (Wildman–Crippen MR) is 64.3 cm³/mol. The molecule has 0 saturated heterocycles. The van der Waals surface area contributed by atoms with Crippen molar-refractivity contribution in [3.63, 3.8) is 0 Å². The molecule has 0 fully saturated rings. The SMILES string of the molecule is CCNCC(C)(C)Cn1cc(Cl)c(C)n1. The van der Waals surface area contributed by atoms with E-state index >= 15 is 0 Å². The molecule has 0 atom stereocenters. The van der Waals surface area contributed by atoms with Gasteiger partial charge in [-0.25, -0.2) is 0 Å². The molecule has 4 heteroatoms. The van der Waals surface area contributed by atoms with Crippen molar-refractivity contribution in [1.29, 1.82) is 0 Å². The third kappa shape index (κ3) is 3.84. The van der Waals surface area contributed by atoms with Crippen molar-refractivity contribution in [3.05, 3.63) is 16.9 Å². The number of nitrogens with zero attached hydrogens (tertiary/aromatic N) is 2. The summed E-state index contributed by atoms with van der Waals surface area (Å²) in [6, 6.07) is 0. The number of aryl methyl sites for hydroxylation is 1. The van der Waals surface area contributed by atoms with Gasteiger partial charge in [-0.15, -0.1) is 0 Å². The third-order valence-electron chi connectivity index (χ3n) is 2.33. The zero-order valence-corrected chi connectivity index (χ0v) is 10.7. The Hall–Kier alpha value is -0.540. The van der Waals surface area contributed by atoms with Gasteiger partial charge in [-0.3, -0.25) is 4.68 Å². The molecule has 0 amide bonds. The monoisotopic (exact) mass is 229 g/mol. The van der Waals surface area contributed by atoms with Crippen LogP contribution in [0.1, 0.15) is 26.5 Å². The van der Waals surface area contributed by atoms with E-state index in [2.05, 4.69) is 31.2 Å². The van der Waals surface area contributed by atoms with E-state index < -0.39 is 0 Å². The van der Waals surface area contributed by atoms with Gasteiger partial charge >= 0.3 is 0 Å². The summed E-state index contributed by atoms with van der Waals surface area (Å²) >= 11 is 5.96. The van der Waals surface area contributed by atoms with E-state index in [0.717, 1.165) is 30.4 Å².